The van der Waals surface area contributed by atoms with Crippen molar-refractivity contribution in [3.63, 3.8) is 0 Å². The number of fused-ring (bicyclic) bond motifs is 1. The Morgan fingerprint density at radius 3 is 2.35 bits per heavy atom. The van der Waals surface area contributed by atoms with Gasteiger partial charge in [-0.05, 0) is 31.9 Å². The molecule has 6 nitrogen and oxygen atoms in total. The van der Waals surface area contributed by atoms with Gasteiger partial charge in [-0.1, -0.05) is 37.0 Å². The Labute approximate surface area is 154 Å². The number of rotatable bonds is 3. The number of aryl methyl sites for hydroxylation is 1. The summed E-state index contributed by atoms with van der Waals surface area (Å²) in [5.74, 6) is -0.203. The minimum Gasteiger partial charge on any atom is -0.228 e. The highest BCUT2D eigenvalue weighted by molar-refractivity contribution is 7.91. The molecular formula is C18H22N2O4S2. The summed E-state index contributed by atoms with van der Waals surface area (Å²) in [4.78, 5) is 0.132. The molecule has 1 aromatic carbocycles. The molecule has 1 aliphatic heterocycles. The lowest BCUT2D eigenvalue weighted by atomic mass is 9.85. The number of aromatic nitrogens is 2. The molecule has 1 saturated carbocycles. The second-order valence-corrected chi connectivity index (χ2v) is 11.2. The van der Waals surface area contributed by atoms with E-state index in [-0.39, 0.29) is 22.3 Å². The van der Waals surface area contributed by atoms with Crippen LogP contribution in [0.5, 0.6) is 0 Å². The lowest BCUT2D eigenvalue weighted by molar-refractivity contribution is 0.433. The van der Waals surface area contributed by atoms with E-state index < -0.39 is 19.9 Å². The first kappa shape index (κ1) is 17.7. The fourth-order valence-electron chi connectivity index (χ4n) is 3.97. The van der Waals surface area contributed by atoms with E-state index in [9.17, 15) is 16.8 Å². The molecule has 1 aliphatic carbocycles. The summed E-state index contributed by atoms with van der Waals surface area (Å²) in [7, 11) is -7.23. The Morgan fingerprint density at radius 1 is 1.04 bits per heavy atom. The lowest BCUT2D eigenvalue weighted by Gasteiger charge is -2.20. The van der Waals surface area contributed by atoms with Crippen LogP contribution in [-0.2, 0) is 31.4 Å². The fourth-order valence-corrected chi connectivity index (χ4v) is 6.96. The standard InChI is InChI=1S/C18H22N2O4S2/c1-13-7-9-15(10-8-13)26(23,24)20-17-12-25(21,22)11-16(17)18(19-20)14-5-3-2-4-6-14/h7-10,14H,2-6,11-12H2,1H3. The first-order chi connectivity index (χ1) is 12.3. The van der Waals surface area contributed by atoms with E-state index in [0.29, 0.717) is 17.0 Å². The second-order valence-electron chi connectivity index (χ2n) is 7.34. The molecular weight excluding hydrogens is 372 g/mol. The van der Waals surface area contributed by atoms with E-state index >= 15 is 0 Å². The van der Waals surface area contributed by atoms with Crippen molar-refractivity contribution >= 4 is 19.9 Å². The third-order valence-corrected chi connectivity index (χ3v) is 8.41. The van der Waals surface area contributed by atoms with Crippen LogP contribution < -0.4 is 0 Å². The zero-order valence-electron chi connectivity index (χ0n) is 14.7. The number of hydrogen-bond acceptors (Lipinski definition) is 5. The molecule has 0 N–H and O–H groups in total. The van der Waals surface area contributed by atoms with Crippen LogP contribution in [0.2, 0.25) is 0 Å². The molecule has 26 heavy (non-hydrogen) atoms. The smallest absolute Gasteiger partial charge is 0.228 e. The summed E-state index contributed by atoms with van der Waals surface area (Å²) in [6.07, 6.45) is 5.19. The second kappa shape index (κ2) is 6.20. The number of sulfone groups is 1. The van der Waals surface area contributed by atoms with Crippen LogP contribution in [0.15, 0.2) is 29.2 Å². The van der Waals surface area contributed by atoms with Gasteiger partial charge in [-0.3, -0.25) is 0 Å². The molecule has 0 amide bonds. The SMILES string of the molecule is Cc1ccc(S(=O)(=O)n2nc(C3CCCCC3)c3c2CS(=O)(=O)C3)cc1. The summed E-state index contributed by atoms with van der Waals surface area (Å²) < 4.78 is 51.6. The third kappa shape index (κ3) is 2.99. The van der Waals surface area contributed by atoms with Crippen molar-refractivity contribution in [2.24, 2.45) is 0 Å². The molecule has 140 valence electrons. The molecule has 0 spiro atoms. The minimum atomic E-state index is -3.91. The molecule has 2 heterocycles. The highest BCUT2D eigenvalue weighted by Crippen LogP contribution is 2.39. The van der Waals surface area contributed by atoms with Crippen LogP contribution in [0.25, 0.3) is 0 Å². The largest absolute Gasteiger partial charge is 0.283 e. The zero-order valence-corrected chi connectivity index (χ0v) is 16.3. The number of benzene rings is 1. The van der Waals surface area contributed by atoms with Gasteiger partial charge in [-0.15, -0.1) is 0 Å². The third-order valence-electron chi connectivity index (χ3n) is 5.35. The van der Waals surface area contributed by atoms with Gasteiger partial charge >= 0.3 is 0 Å². The van der Waals surface area contributed by atoms with Crippen LogP contribution in [0.4, 0.5) is 0 Å². The van der Waals surface area contributed by atoms with Gasteiger partial charge in [0.1, 0.15) is 0 Å². The summed E-state index contributed by atoms with van der Waals surface area (Å²) in [5.41, 5.74) is 2.58. The summed E-state index contributed by atoms with van der Waals surface area (Å²) >= 11 is 0. The molecule has 8 heteroatoms. The van der Waals surface area contributed by atoms with Crippen LogP contribution in [0, 0.1) is 6.92 Å². The van der Waals surface area contributed by atoms with Crippen LogP contribution >= 0.6 is 0 Å². The van der Waals surface area contributed by atoms with E-state index in [0.717, 1.165) is 35.3 Å². The van der Waals surface area contributed by atoms with E-state index in [1.54, 1.807) is 24.3 Å². The molecule has 0 bridgehead atoms. The van der Waals surface area contributed by atoms with E-state index in [1.807, 2.05) is 6.92 Å². The van der Waals surface area contributed by atoms with Crippen LogP contribution in [0.3, 0.4) is 0 Å². The predicted molar refractivity (Wildman–Crippen MR) is 98.1 cm³/mol. The van der Waals surface area contributed by atoms with Crippen molar-refractivity contribution < 1.29 is 16.8 Å². The molecule has 0 saturated heterocycles. The Hall–Kier alpha value is -1.67. The summed E-state index contributed by atoms with van der Waals surface area (Å²) in [5, 5.41) is 4.46. The van der Waals surface area contributed by atoms with Crippen molar-refractivity contribution in [2.75, 3.05) is 0 Å². The predicted octanol–water partition coefficient (Wildman–Crippen LogP) is 2.90. The minimum absolute atomic E-state index is 0.0996. The van der Waals surface area contributed by atoms with Gasteiger partial charge in [0.15, 0.2) is 9.84 Å². The topological polar surface area (TPSA) is 86.1 Å². The average molecular weight is 395 g/mol. The average Bonchev–Trinajstić information content (AvgIpc) is 3.09. The Balaban J connectivity index is 1.86. The number of hydrogen-bond donors (Lipinski definition) is 0. The maximum atomic E-state index is 13.1. The molecule has 0 atom stereocenters. The van der Waals surface area contributed by atoms with Crippen LogP contribution in [0.1, 0.15) is 60.5 Å². The molecule has 1 aromatic heterocycles. The van der Waals surface area contributed by atoms with Crippen molar-refractivity contribution in [3.8, 4) is 0 Å². The van der Waals surface area contributed by atoms with Crippen LogP contribution in [-0.4, -0.2) is 26.0 Å². The number of nitrogens with zero attached hydrogens (tertiary/aromatic N) is 2. The Morgan fingerprint density at radius 2 is 1.69 bits per heavy atom. The van der Waals surface area contributed by atoms with Gasteiger partial charge in [-0.25, -0.2) is 8.42 Å². The van der Waals surface area contributed by atoms with Gasteiger partial charge in [0.05, 0.1) is 27.8 Å². The van der Waals surface area contributed by atoms with Crippen molar-refractivity contribution in [2.45, 2.75) is 61.3 Å². The summed E-state index contributed by atoms with van der Waals surface area (Å²) in [6, 6.07) is 6.55. The highest BCUT2D eigenvalue weighted by Gasteiger charge is 2.38. The van der Waals surface area contributed by atoms with E-state index in [2.05, 4.69) is 5.10 Å². The monoisotopic (exact) mass is 394 g/mol. The normalized spacial score (nSPS) is 20.2. The fraction of sp³-hybridized carbons (Fsp3) is 0.500. The van der Waals surface area contributed by atoms with E-state index in [4.69, 9.17) is 0 Å². The molecule has 0 unspecified atom stereocenters. The van der Waals surface area contributed by atoms with Crippen molar-refractivity contribution in [1.82, 2.24) is 9.19 Å². The lowest BCUT2D eigenvalue weighted by Crippen LogP contribution is -2.19. The van der Waals surface area contributed by atoms with Gasteiger partial charge in [0, 0.05) is 11.5 Å². The molecule has 2 aromatic rings. The molecule has 1 fully saturated rings. The van der Waals surface area contributed by atoms with Gasteiger partial charge in [0.25, 0.3) is 10.0 Å². The zero-order chi connectivity index (χ0) is 18.5. The van der Waals surface area contributed by atoms with Gasteiger partial charge < -0.3 is 0 Å². The first-order valence-electron chi connectivity index (χ1n) is 8.91. The maximum Gasteiger partial charge on any atom is 0.283 e. The molecule has 2 aliphatic rings. The Bertz CT molecular complexity index is 1050. The van der Waals surface area contributed by atoms with Gasteiger partial charge in [-0.2, -0.15) is 17.6 Å². The maximum absolute atomic E-state index is 13.1. The quantitative estimate of drug-likeness (QED) is 0.799. The Kier molecular flexibility index (Phi) is 4.23. The molecule has 4 rings (SSSR count). The van der Waals surface area contributed by atoms with Gasteiger partial charge in [0.2, 0.25) is 0 Å². The summed E-state index contributed by atoms with van der Waals surface area (Å²) in [6.45, 7) is 1.88. The van der Waals surface area contributed by atoms with E-state index in [1.165, 1.54) is 6.42 Å². The van der Waals surface area contributed by atoms with Crippen molar-refractivity contribution in [3.05, 3.63) is 46.8 Å². The first-order valence-corrected chi connectivity index (χ1v) is 12.2. The van der Waals surface area contributed by atoms with Crippen molar-refractivity contribution in [1.29, 1.82) is 0 Å². The molecule has 0 radical (unpaired) electrons. The highest BCUT2D eigenvalue weighted by atomic mass is 32.2.